The number of hydrogen-bond acceptors (Lipinski definition) is 4. The molecule has 0 saturated carbocycles. The molecule has 0 aromatic heterocycles. The summed E-state index contributed by atoms with van der Waals surface area (Å²) in [6.45, 7) is 4.56. The van der Waals surface area contributed by atoms with Gasteiger partial charge in [0.15, 0.2) is 0 Å². The van der Waals surface area contributed by atoms with E-state index in [9.17, 15) is 13.2 Å². The number of benzene rings is 2. The van der Waals surface area contributed by atoms with Gasteiger partial charge >= 0.3 is 0 Å². The summed E-state index contributed by atoms with van der Waals surface area (Å²) in [6, 6.07) is 11.7. The Kier molecular flexibility index (Phi) is 7.86. The summed E-state index contributed by atoms with van der Waals surface area (Å²) in [7, 11) is -3.78. The second-order valence-electron chi connectivity index (χ2n) is 7.48. The van der Waals surface area contributed by atoms with E-state index in [0.29, 0.717) is 29.5 Å². The predicted octanol–water partition coefficient (Wildman–Crippen LogP) is 4.67. The fourth-order valence-corrected chi connectivity index (χ4v) is 5.61. The smallest absolute Gasteiger partial charge is 0.246 e. The van der Waals surface area contributed by atoms with Gasteiger partial charge in [0.1, 0.15) is 10.6 Å². The van der Waals surface area contributed by atoms with E-state index in [1.165, 1.54) is 10.4 Å². The minimum absolute atomic E-state index is 0.0566. The van der Waals surface area contributed by atoms with Crippen molar-refractivity contribution in [1.29, 1.82) is 0 Å². The molecule has 168 valence electrons. The third-order valence-corrected chi connectivity index (χ3v) is 7.78. The molecule has 6 nitrogen and oxygen atoms in total. The molecule has 0 spiro atoms. The van der Waals surface area contributed by atoms with Crippen molar-refractivity contribution in [2.45, 2.75) is 37.6 Å². The van der Waals surface area contributed by atoms with Crippen molar-refractivity contribution < 1.29 is 17.9 Å². The van der Waals surface area contributed by atoms with Gasteiger partial charge in [0.25, 0.3) is 0 Å². The molecule has 2 aromatic carbocycles. The summed E-state index contributed by atoms with van der Waals surface area (Å²) < 4.78 is 33.2. The van der Waals surface area contributed by atoms with Crippen LogP contribution in [-0.2, 0) is 14.8 Å². The first-order valence-corrected chi connectivity index (χ1v) is 12.4. The molecule has 1 heterocycles. The lowest BCUT2D eigenvalue weighted by Crippen LogP contribution is -2.43. The zero-order valence-electron chi connectivity index (χ0n) is 17.5. The van der Waals surface area contributed by atoms with Gasteiger partial charge in [0.05, 0.1) is 12.6 Å². The van der Waals surface area contributed by atoms with Crippen molar-refractivity contribution >= 4 is 39.1 Å². The normalized spacial score (nSPS) is 16.6. The fraction of sp³-hybridized carbons (Fsp3) is 0.409. The maximum absolute atomic E-state index is 13.2. The third kappa shape index (κ3) is 5.71. The predicted molar refractivity (Wildman–Crippen MR) is 122 cm³/mol. The van der Waals surface area contributed by atoms with Crippen LogP contribution >= 0.6 is 23.2 Å². The highest BCUT2D eigenvalue weighted by Gasteiger charge is 2.34. The van der Waals surface area contributed by atoms with Crippen LogP contribution in [0.3, 0.4) is 0 Å². The van der Waals surface area contributed by atoms with E-state index < -0.39 is 10.0 Å². The molecule has 0 aliphatic carbocycles. The van der Waals surface area contributed by atoms with Gasteiger partial charge in [-0.1, -0.05) is 35.3 Å². The van der Waals surface area contributed by atoms with E-state index in [1.54, 1.807) is 31.2 Å². The summed E-state index contributed by atoms with van der Waals surface area (Å²) >= 11 is 12.0. The number of piperidine rings is 1. The molecule has 1 aliphatic heterocycles. The van der Waals surface area contributed by atoms with Gasteiger partial charge in [0, 0.05) is 29.1 Å². The van der Waals surface area contributed by atoms with Gasteiger partial charge in [-0.05, 0) is 62.6 Å². The standard InChI is InChI=1S/C22H26Cl2N2O4S/c1-3-30-20-9-8-19(24)14-21(20)31(28,29)26-12-10-17(11-13-26)22(27)25-15(2)16-4-6-18(23)7-5-16/h4-9,14-15,17H,3,10-13H2,1-2H3,(H,25,27)/t15-/m0/s1. The number of halogens is 2. The highest BCUT2D eigenvalue weighted by molar-refractivity contribution is 7.89. The number of amides is 1. The Bertz CT molecular complexity index is 1020. The summed E-state index contributed by atoms with van der Waals surface area (Å²) in [4.78, 5) is 12.8. The fourth-order valence-electron chi connectivity index (χ4n) is 3.62. The van der Waals surface area contributed by atoms with Crippen molar-refractivity contribution in [3.8, 4) is 5.75 Å². The SMILES string of the molecule is CCOc1ccc(Cl)cc1S(=O)(=O)N1CCC(C(=O)N[C@@H](C)c2ccc(Cl)cc2)CC1. The largest absolute Gasteiger partial charge is 0.492 e. The summed E-state index contributed by atoms with van der Waals surface area (Å²) in [5, 5.41) is 3.98. The molecule has 1 aliphatic rings. The molecule has 1 fully saturated rings. The first-order chi connectivity index (χ1) is 14.7. The lowest BCUT2D eigenvalue weighted by molar-refractivity contribution is -0.126. The Morgan fingerprint density at radius 2 is 1.74 bits per heavy atom. The van der Waals surface area contributed by atoms with Gasteiger partial charge in [-0.15, -0.1) is 0 Å². The number of rotatable bonds is 7. The van der Waals surface area contributed by atoms with Crippen LogP contribution in [0.5, 0.6) is 5.75 Å². The molecule has 9 heteroatoms. The maximum atomic E-state index is 13.2. The minimum Gasteiger partial charge on any atom is -0.492 e. The molecule has 3 rings (SSSR count). The Morgan fingerprint density at radius 3 is 2.35 bits per heavy atom. The average Bonchev–Trinajstić information content (AvgIpc) is 2.75. The number of sulfonamides is 1. The van der Waals surface area contributed by atoms with Gasteiger partial charge in [-0.25, -0.2) is 8.42 Å². The Balaban J connectivity index is 1.64. The number of carbonyl (C=O) groups excluding carboxylic acids is 1. The second kappa shape index (κ2) is 10.2. The highest BCUT2D eigenvalue weighted by atomic mass is 35.5. The van der Waals surface area contributed by atoms with Crippen LogP contribution in [0, 0.1) is 5.92 Å². The first-order valence-electron chi connectivity index (χ1n) is 10.2. The van der Waals surface area contributed by atoms with E-state index >= 15 is 0 Å². The minimum atomic E-state index is -3.78. The van der Waals surface area contributed by atoms with Gasteiger partial charge < -0.3 is 10.1 Å². The van der Waals surface area contributed by atoms with E-state index in [-0.39, 0.29) is 41.6 Å². The molecule has 2 aromatic rings. The Labute approximate surface area is 193 Å². The Hall–Kier alpha value is -1.80. The van der Waals surface area contributed by atoms with Crippen molar-refractivity contribution in [2.24, 2.45) is 5.92 Å². The Morgan fingerprint density at radius 1 is 1.13 bits per heavy atom. The summed E-state index contributed by atoms with van der Waals surface area (Å²) in [6.07, 6.45) is 0.895. The molecule has 31 heavy (non-hydrogen) atoms. The maximum Gasteiger partial charge on any atom is 0.246 e. The van der Waals surface area contributed by atoms with Gasteiger partial charge in [-0.2, -0.15) is 4.31 Å². The molecular weight excluding hydrogens is 459 g/mol. The monoisotopic (exact) mass is 484 g/mol. The first kappa shape index (κ1) is 23.9. The lowest BCUT2D eigenvalue weighted by atomic mass is 9.96. The molecule has 1 N–H and O–H groups in total. The van der Waals surface area contributed by atoms with Crippen molar-refractivity contribution in [2.75, 3.05) is 19.7 Å². The third-order valence-electron chi connectivity index (χ3n) is 5.38. The van der Waals surface area contributed by atoms with Crippen LogP contribution in [0.15, 0.2) is 47.4 Å². The van der Waals surface area contributed by atoms with Crippen LogP contribution in [0.4, 0.5) is 0 Å². The van der Waals surface area contributed by atoms with E-state index in [1.807, 2.05) is 19.1 Å². The summed E-state index contributed by atoms with van der Waals surface area (Å²) in [5.41, 5.74) is 0.960. The average molecular weight is 485 g/mol. The number of ether oxygens (including phenoxy) is 1. The molecule has 0 radical (unpaired) electrons. The molecule has 1 amide bonds. The van der Waals surface area contributed by atoms with Crippen LogP contribution in [-0.4, -0.2) is 38.3 Å². The molecule has 0 unspecified atom stereocenters. The number of hydrogen-bond donors (Lipinski definition) is 1. The van der Waals surface area contributed by atoms with Gasteiger partial charge in [0.2, 0.25) is 15.9 Å². The zero-order valence-corrected chi connectivity index (χ0v) is 19.8. The lowest BCUT2D eigenvalue weighted by Gasteiger charge is -2.31. The van der Waals surface area contributed by atoms with Crippen LogP contribution in [0.1, 0.15) is 38.3 Å². The molecule has 1 saturated heterocycles. The van der Waals surface area contributed by atoms with E-state index in [4.69, 9.17) is 27.9 Å². The highest BCUT2D eigenvalue weighted by Crippen LogP contribution is 2.32. The number of nitrogens with one attached hydrogen (secondary N) is 1. The van der Waals surface area contributed by atoms with Gasteiger partial charge in [-0.3, -0.25) is 4.79 Å². The van der Waals surface area contributed by atoms with Crippen molar-refractivity contribution in [1.82, 2.24) is 9.62 Å². The second-order valence-corrected chi connectivity index (χ2v) is 10.3. The zero-order chi connectivity index (χ0) is 22.6. The number of nitrogens with zero attached hydrogens (tertiary/aromatic N) is 1. The molecule has 0 bridgehead atoms. The topological polar surface area (TPSA) is 75.7 Å². The van der Waals surface area contributed by atoms with Crippen LogP contribution < -0.4 is 10.1 Å². The van der Waals surface area contributed by atoms with Crippen LogP contribution in [0.2, 0.25) is 10.0 Å². The van der Waals surface area contributed by atoms with E-state index in [2.05, 4.69) is 5.32 Å². The summed E-state index contributed by atoms with van der Waals surface area (Å²) in [5.74, 6) is -0.0345. The van der Waals surface area contributed by atoms with E-state index in [0.717, 1.165) is 5.56 Å². The van der Waals surface area contributed by atoms with Crippen molar-refractivity contribution in [3.63, 3.8) is 0 Å². The number of carbonyl (C=O) groups is 1. The van der Waals surface area contributed by atoms with Crippen LogP contribution in [0.25, 0.3) is 0 Å². The molecule has 1 atom stereocenters. The quantitative estimate of drug-likeness (QED) is 0.619. The molecular formula is C22H26Cl2N2O4S. The van der Waals surface area contributed by atoms with Crippen molar-refractivity contribution in [3.05, 3.63) is 58.1 Å².